The molecule has 0 spiro atoms. The molecule has 0 N–H and O–H groups in total. The molecule has 0 radical (unpaired) electrons. The van der Waals surface area contributed by atoms with E-state index in [1.807, 2.05) is 0 Å². The van der Waals surface area contributed by atoms with Crippen LogP contribution < -0.4 is 0 Å². The van der Waals surface area contributed by atoms with Crippen LogP contribution in [-0.2, 0) is 12.0 Å². The zero-order chi connectivity index (χ0) is 36.6. The van der Waals surface area contributed by atoms with Crippen molar-refractivity contribution < 1.29 is 4.42 Å². The Labute approximate surface area is 318 Å². The minimum Gasteiger partial charge on any atom is -0.456 e. The van der Waals surface area contributed by atoms with Crippen molar-refractivity contribution in [2.75, 3.05) is 0 Å². The van der Waals surface area contributed by atoms with E-state index >= 15 is 0 Å². The van der Waals surface area contributed by atoms with Gasteiger partial charge in [-0.05, 0) is 121 Å². The molecular weight excluding hydrogens is 667 g/mol. The highest BCUT2D eigenvalue weighted by atomic mass is 16.3. The first-order chi connectivity index (χ1) is 27.0. The van der Waals surface area contributed by atoms with E-state index in [-0.39, 0.29) is 5.41 Å². The molecule has 0 saturated carbocycles. The van der Waals surface area contributed by atoms with E-state index in [0.717, 1.165) is 28.5 Å². The molecule has 0 unspecified atom stereocenters. The van der Waals surface area contributed by atoms with E-state index in [4.69, 9.17) is 4.42 Å². The predicted molar refractivity (Wildman–Crippen MR) is 233 cm³/mol. The van der Waals surface area contributed by atoms with Crippen molar-refractivity contribution in [1.82, 2.24) is 4.57 Å². The van der Waals surface area contributed by atoms with Crippen LogP contribution in [0.4, 0.5) is 0 Å². The lowest BCUT2D eigenvalue weighted by Gasteiger charge is -2.21. The van der Waals surface area contributed by atoms with Gasteiger partial charge in [0.1, 0.15) is 11.2 Å². The number of benzene rings is 9. The molecule has 2 heterocycles. The van der Waals surface area contributed by atoms with Crippen molar-refractivity contribution in [2.45, 2.75) is 32.7 Å². The van der Waals surface area contributed by atoms with Crippen LogP contribution in [0.2, 0.25) is 0 Å². The second-order valence-corrected chi connectivity index (χ2v) is 15.9. The maximum atomic E-state index is 6.44. The number of aromatic nitrogens is 1. The van der Waals surface area contributed by atoms with Gasteiger partial charge in [-0.25, -0.2) is 0 Å². The molecule has 0 amide bonds. The molecule has 0 saturated heterocycles. The molecule has 11 aromatic rings. The highest BCUT2D eigenvalue weighted by molar-refractivity contribution is 6.33. The molecule has 0 fully saturated rings. The van der Waals surface area contributed by atoms with Crippen molar-refractivity contribution in [2.24, 2.45) is 0 Å². The van der Waals surface area contributed by atoms with E-state index in [0.29, 0.717) is 0 Å². The second-order valence-electron chi connectivity index (χ2n) is 15.9. The lowest BCUT2D eigenvalue weighted by Crippen LogP contribution is -2.14. The number of fused-ring (bicyclic) bond motifs is 16. The summed E-state index contributed by atoms with van der Waals surface area (Å²) in [5.41, 5.74) is 14.7. The molecule has 0 aliphatic heterocycles. The molecule has 2 nitrogen and oxygen atoms in total. The molecule has 9 aromatic carbocycles. The zero-order valence-electron chi connectivity index (χ0n) is 31.1. The molecule has 0 bridgehead atoms. The van der Waals surface area contributed by atoms with Crippen molar-refractivity contribution in [1.29, 1.82) is 0 Å². The molecule has 2 aromatic heterocycles. The fraction of sp³-hybridized carbons (Fsp3) is 0.0943. The normalized spacial score (nSPS) is 13.6. The van der Waals surface area contributed by atoms with Gasteiger partial charge in [-0.15, -0.1) is 0 Å². The molecule has 260 valence electrons. The van der Waals surface area contributed by atoms with E-state index in [1.54, 1.807) is 0 Å². The van der Waals surface area contributed by atoms with Gasteiger partial charge in [-0.1, -0.05) is 129 Å². The average molecular weight is 704 g/mol. The summed E-state index contributed by atoms with van der Waals surface area (Å²) in [6, 6.07) is 58.7. The maximum absolute atomic E-state index is 6.44. The van der Waals surface area contributed by atoms with Crippen molar-refractivity contribution in [3.63, 3.8) is 0 Å². The van der Waals surface area contributed by atoms with Crippen LogP contribution in [0.15, 0.2) is 162 Å². The minimum absolute atomic E-state index is 0.00450. The first kappa shape index (κ1) is 30.8. The van der Waals surface area contributed by atoms with Gasteiger partial charge in [0.2, 0.25) is 0 Å². The highest BCUT2D eigenvalue weighted by Gasteiger charge is 2.35. The van der Waals surface area contributed by atoms with Gasteiger partial charge >= 0.3 is 0 Å². The summed E-state index contributed by atoms with van der Waals surface area (Å²) in [5.74, 6) is 0. The summed E-state index contributed by atoms with van der Waals surface area (Å²) in [7, 11) is 0. The molecule has 1 aliphatic carbocycles. The Morgan fingerprint density at radius 2 is 0.964 bits per heavy atom. The number of hydrogen-bond donors (Lipinski definition) is 0. The zero-order valence-corrected chi connectivity index (χ0v) is 31.1. The van der Waals surface area contributed by atoms with Gasteiger partial charge in [0.25, 0.3) is 0 Å². The topological polar surface area (TPSA) is 18.1 Å². The van der Waals surface area contributed by atoms with Crippen molar-refractivity contribution in [3.05, 3.63) is 169 Å². The van der Waals surface area contributed by atoms with Gasteiger partial charge in [-0.2, -0.15) is 0 Å². The quantitative estimate of drug-likeness (QED) is 0.168. The van der Waals surface area contributed by atoms with Crippen LogP contribution in [0, 0.1) is 0 Å². The summed E-state index contributed by atoms with van der Waals surface area (Å²) < 4.78 is 8.95. The van der Waals surface area contributed by atoms with E-state index in [1.165, 1.54) is 98.6 Å². The van der Waals surface area contributed by atoms with Gasteiger partial charge in [-0.3, -0.25) is 0 Å². The smallest absolute Gasteiger partial charge is 0.135 e. The maximum Gasteiger partial charge on any atom is 0.135 e. The molecule has 0 atom stereocenters. The van der Waals surface area contributed by atoms with Gasteiger partial charge in [0.15, 0.2) is 0 Å². The predicted octanol–water partition coefficient (Wildman–Crippen LogP) is 14.8. The Balaban J connectivity index is 1.04. The second kappa shape index (κ2) is 11.0. The molecular formula is C53H37NO. The summed E-state index contributed by atoms with van der Waals surface area (Å²) in [5, 5.41) is 12.7. The van der Waals surface area contributed by atoms with Crippen molar-refractivity contribution >= 4 is 76.1 Å². The Morgan fingerprint density at radius 3 is 1.71 bits per heavy atom. The third-order valence-electron chi connectivity index (χ3n) is 12.8. The van der Waals surface area contributed by atoms with Gasteiger partial charge < -0.3 is 8.98 Å². The third-order valence-corrected chi connectivity index (χ3v) is 12.8. The summed E-state index contributed by atoms with van der Waals surface area (Å²) in [6.45, 7) is 7.85. The van der Waals surface area contributed by atoms with Crippen LogP contribution >= 0.6 is 0 Å². The van der Waals surface area contributed by atoms with Crippen LogP contribution in [0.3, 0.4) is 0 Å². The third kappa shape index (κ3) is 4.14. The fourth-order valence-corrected chi connectivity index (χ4v) is 10.1. The molecule has 2 heteroatoms. The summed E-state index contributed by atoms with van der Waals surface area (Å²) in [4.78, 5) is 0. The van der Waals surface area contributed by atoms with E-state index < -0.39 is 0 Å². The molecule has 12 rings (SSSR count). The molecule has 55 heavy (non-hydrogen) atoms. The Morgan fingerprint density at radius 1 is 0.436 bits per heavy atom. The monoisotopic (exact) mass is 703 g/mol. The van der Waals surface area contributed by atoms with Crippen LogP contribution in [0.1, 0.15) is 31.9 Å². The Kier molecular flexibility index (Phi) is 6.14. The summed E-state index contributed by atoms with van der Waals surface area (Å²) >= 11 is 0. The number of hydrogen-bond acceptors (Lipinski definition) is 1. The SMILES string of the molecule is CCn1c2ccccc2c2ccc3c4ccccc4c4cc(-c5ccc6oc7ccc(-c8ccc9c(c8)-c8ccccc8C9(C)C)cc7c6c5)ccc4c3c21. The van der Waals surface area contributed by atoms with E-state index in [2.05, 4.69) is 183 Å². The number of aryl methyl sites for hydroxylation is 1. The number of para-hydroxylation sites is 1. The first-order valence-electron chi connectivity index (χ1n) is 19.5. The summed E-state index contributed by atoms with van der Waals surface area (Å²) in [6.07, 6.45) is 0. The van der Waals surface area contributed by atoms with Crippen LogP contribution in [0.5, 0.6) is 0 Å². The standard InChI is InChI=1S/C53H37NO/c1-4-54-48-16-10-8-14-38(48)41-23-22-39-35-11-5-6-12-36(35)42-27-31(17-21-40(42)51(39)52(41)54)33-19-25-49-44(29-33)45-30-34(20-26-50(45)55-49)32-18-24-47-43(28-32)37-13-7-9-15-46(37)53(47,2)3/h5-30H,4H2,1-3H3. The highest BCUT2D eigenvalue weighted by Crippen LogP contribution is 2.50. The van der Waals surface area contributed by atoms with Gasteiger partial charge in [0.05, 0.1) is 5.52 Å². The molecule has 1 aliphatic rings. The Bertz CT molecular complexity index is 3440. The Hall–Kier alpha value is -6.64. The largest absolute Gasteiger partial charge is 0.456 e. The lowest BCUT2D eigenvalue weighted by atomic mass is 9.82. The number of furan rings is 1. The number of rotatable bonds is 3. The van der Waals surface area contributed by atoms with Gasteiger partial charge in [0, 0.05) is 44.4 Å². The van der Waals surface area contributed by atoms with Crippen LogP contribution in [-0.4, -0.2) is 4.57 Å². The lowest BCUT2D eigenvalue weighted by molar-refractivity contribution is 0.660. The first-order valence-corrected chi connectivity index (χ1v) is 19.5. The van der Waals surface area contributed by atoms with E-state index in [9.17, 15) is 0 Å². The number of nitrogens with zero attached hydrogens (tertiary/aromatic N) is 1. The van der Waals surface area contributed by atoms with Crippen LogP contribution in [0.25, 0.3) is 109 Å². The average Bonchev–Trinajstić information content (AvgIpc) is 3.85. The minimum atomic E-state index is -0.00450. The van der Waals surface area contributed by atoms with Crippen molar-refractivity contribution in [3.8, 4) is 33.4 Å². The fourth-order valence-electron chi connectivity index (χ4n) is 10.1.